The molecule has 0 aliphatic carbocycles. The standard InChI is InChI=1S/C32H41N5O5.HI/c1-35-27-7-3-2-6-25(27)30(34-11-5-13-37-16-20-40-21-17-37)32-31(35)26-22-24(8-9-28(26)42-32)41-23-29(38)33-10-4-12-36-14-18-39-19-15-36;/h2-3,6-9,22H,4-5,10-21,23H2,1H3,(H,33,38);1H. The summed E-state index contributed by atoms with van der Waals surface area (Å²) in [7, 11) is 2.07. The maximum absolute atomic E-state index is 12.5. The number of morpholine rings is 2. The van der Waals surface area contributed by atoms with E-state index in [1.54, 1.807) is 0 Å². The number of nitrogens with one attached hydrogen (secondary N) is 2. The number of carbonyl (C=O) groups is 1. The van der Waals surface area contributed by atoms with Gasteiger partial charge in [0, 0.05) is 45.3 Å². The van der Waals surface area contributed by atoms with Crippen molar-refractivity contribution in [1.29, 1.82) is 0 Å². The largest absolute Gasteiger partial charge is 1.00 e. The van der Waals surface area contributed by atoms with Crippen LogP contribution in [0.25, 0.3) is 33.0 Å². The zero-order chi connectivity index (χ0) is 28.7. The van der Waals surface area contributed by atoms with Gasteiger partial charge >= 0.3 is 0 Å². The molecule has 6 rings (SSSR count). The molecule has 43 heavy (non-hydrogen) atoms. The highest BCUT2D eigenvalue weighted by Crippen LogP contribution is 2.37. The predicted octanol–water partition coefficient (Wildman–Crippen LogP) is -0.0808. The number of rotatable bonds is 12. The topological polar surface area (TPSA) is 92.3 Å². The Labute approximate surface area is 269 Å². The molecule has 1 amide bonds. The Morgan fingerprint density at radius 1 is 0.907 bits per heavy atom. The summed E-state index contributed by atoms with van der Waals surface area (Å²) in [6.07, 6.45) is 1.94. The molecule has 2 N–H and O–H groups in total. The molecule has 2 aliphatic rings. The molecule has 0 saturated carbocycles. The van der Waals surface area contributed by atoms with Gasteiger partial charge in [0.1, 0.15) is 18.4 Å². The molecule has 2 fully saturated rings. The van der Waals surface area contributed by atoms with E-state index >= 15 is 0 Å². The number of carbonyl (C=O) groups excluding carboxylic acids is 1. The van der Waals surface area contributed by atoms with Crippen molar-refractivity contribution < 1.29 is 52.0 Å². The normalized spacial score (nSPS) is 16.4. The van der Waals surface area contributed by atoms with Crippen LogP contribution in [-0.2, 0) is 21.3 Å². The number of furan rings is 1. The van der Waals surface area contributed by atoms with Gasteiger partial charge in [-0.05, 0) is 50.2 Å². The smallest absolute Gasteiger partial charge is 0.261 e. The van der Waals surface area contributed by atoms with Crippen molar-refractivity contribution in [3.8, 4) is 5.75 Å². The van der Waals surface area contributed by atoms with Crippen LogP contribution < -0.4 is 43.9 Å². The lowest BCUT2D eigenvalue weighted by Crippen LogP contribution is -3.00. The molecule has 0 radical (unpaired) electrons. The molecular weight excluding hydrogens is 661 g/mol. The maximum atomic E-state index is 12.5. The van der Waals surface area contributed by atoms with Crippen LogP contribution in [0.15, 0.2) is 46.9 Å². The number of anilines is 1. The number of aromatic nitrogens is 1. The third-order valence-electron chi connectivity index (χ3n) is 8.23. The first-order valence-electron chi connectivity index (χ1n) is 15.2. The van der Waals surface area contributed by atoms with Crippen molar-refractivity contribution in [3.63, 3.8) is 0 Å². The molecule has 0 bridgehead atoms. The monoisotopic (exact) mass is 703 g/mol. The lowest BCUT2D eigenvalue weighted by Gasteiger charge is -2.26. The molecule has 0 unspecified atom stereocenters. The number of halogens is 1. The first-order valence-corrected chi connectivity index (χ1v) is 15.2. The fourth-order valence-corrected chi connectivity index (χ4v) is 5.95. The van der Waals surface area contributed by atoms with E-state index in [4.69, 9.17) is 18.6 Å². The number of fused-ring (bicyclic) bond motifs is 4. The summed E-state index contributed by atoms with van der Waals surface area (Å²) in [6, 6.07) is 14.2. The van der Waals surface area contributed by atoms with Gasteiger partial charge in [-0.25, -0.2) is 0 Å². The van der Waals surface area contributed by atoms with E-state index in [1.807, 2.05) is 18.2 Å². The van der Waals surface area contributed by atoms with Crippen LogP contribution in [0.1, 0.15) is 12.8 Å². The summed E-state index contributed by atoms with van der Waals surface area (Å²) >= 11 is 0. The van der Waals surface area contributed by atoms with Crippen LogP contribution in [0.4, 0.5) is 5.69 Å². The second kappa shape index (κ2) is 15.3. The van der Waals surface area contributed by atoms with Crippen molar-refractivity contribution in [1.82, 2.24) is 15.1 Å². The first-order chi connectivity index (χ1) is 20.7. The minimum absolute atomic E-state index is 0. The van der Waals surface area contributed by atoms with E-state index < -0.39 is 0 Å². The van der Waals surface area contributed by atoms with Crippen molar-refractivity contribution in [2.75, 3.05) is 90.7 Å². The van der Waals surface area contributed by atoms with Crippen LogP contribution in [0.2, 0.25) is 0 Å². The summed E-state index contributed by atoms with van der Waals surface area (Å²) in [4.78, 5) is 17.3. The number of hydrogen-bond donors (Lipinski definition) is 2. The molecule has 4 heterocycles. The third kappa shape index (κ3) is 7.69. The van der Waals surface area contributed by atoms with Crippen LogP contribution in [0, 0.1) is 0 Å². The SMILES string of the molecule is C[n+]1c2ccccc2c(NCCCN2CCOCC2)c2oc3ccc(OCC(=O)NCCCN4CCOCC4)cc3c21.[I-]. The highest BCUT2D eigenvalue weighted by atomic mass is 127. The summed E-state index contributed by atoms with van der Waals surface area (Å²) in [5.41, 5.74) is 4.74. The van der Waals surface area contributed by atoms with Crippen molar-refractivity contribution >= 4 is 44.6 Å². The lowest BCUT2D eigenvalue weighted by molar-refractivity contribution is -0.616. The van der Waals surface area contributed by atoms with Crippen LogP contribution in [-0.4, -0.2) is 101 Å². The van der Waals surface area contributed by atoms with Crippen molar-refractivity contribution in [3.05, 3.63) is 42.5 Å². The molecule has 0 atom stereocenters. The van der Waals surface area contributed by atoms with Gasteiger partial charge in [0.15, 0.2) is 6.61 Å². The summed E-state index contributed by atoms with van der Waals surface area (Å²) < 4.78 is 25.4. The highest BCUT2D eigenvalue weighted by molar-refractivity contribution is 6.11. The van der Waals surface area contributed by atoms with E-state index in [0.717, 1.165) is 124 Å². The van der Waals surface area contributed by atoms with Gasteiger partial charge < -0.3 is 53.2 Å². The Kier molecular flexibility index (Phi) is 11.3. The first kappa shape index (κ1) is 31.7. The Morgan fingerprint density at radius 2 is 1.58 bits per heavy atom. The number of hydrogen-bond acceptors (Lipinski definition) is 8. The fraction of sp³-hybridized carbons (Fsp3) is 0.500. The maximum Gasteiger partial charge on any atom is 0.261 e. The molecular formula is C32H42IN5O5. The number of pyridine rings is 1. The van der Waals surface area contributed by atoms with Crippen LogP contribution >= 0.6 is 0 Å². The number of aryl methyl sites for hydroxylation is 1. The highest BCUT2D eigenvalue weighted by Gasteiger charge is 2.25. The van der Waals surface area contributed by atoms with Crippen molar-refractivity contribution in [2.45, 2.75) is 12.8 Å². The van der Waals surface area contributed by atoms with Gasteiger partial charge in [-0.3, -0.25) is 14.6 Å². The Hall–Kier alpha value is -2.71. The Balaban J connectivity index is 0.00000368. The van der Waals surface area contributed by atoms with E-state index in [9.17, 15) is 4.79 Å². The zero-order valence-electron chi connectivity index (χ0n) is 24.9. The quantitative estimate of drug-likeness (QED) is 0.120. The number of nitrogens with zero attached hydrogens (tertiary/aromatic N) is 3. The third-order valence-corrected chi connectivity index (χ3v) is 8.23. The Morgan fingerprint density at radius 3 is 2.30 bits per heavy atom. The van der Waals surface area contributed by atoms with Crippen molar-refractivity contribution in [2.24, 2.45) is 7.05 Å². The number of benzene rings is 2. The van der Waals surface area contributed by atoms with Gasteiger partial charge in [-0.2, -0.15) is 4.57 Å². The van der Waals surface area contributed by atoms with Gasteiger partial charge in [0.25, 0.3) is 11.4 Å². The van der Waals surface area contributed by atoms with E-state index in [2.05, 4.69) is 56.3 Å². The molecule has 0 spiro atoms. The average molecular weight is 704 g/mol. The van der Waals surface area contributed by atoms with Gasteiger partial charge in [-0.1, -0.05) is 12.1 Å². The Bertz CT molecular complexity index is 1520. The summed E-state index contributed by atoms with van der Waals surface area (Å²) in [6.45, 7) is 10.6. The average Bonchev–Trinajstić information content (AvgIpc) is 3.42. The molecule has 11 heteroatoms. The number of ether oxygens (including phenoxy) is 3. The van der Waals surface area contributed by atoms with Gasteiger partial charge in [-0.15, -0.1) is 0 Å². The molecule has 2 aromatic carbocycles. The second-order valence-corrected chi connectivity index (χ2v) is 11.1. The molecule has 10 nitrogen and oxygen atoms in total. The van der Waals surface area contributed by atoms with E-state index in [0.29, 0.717) is 12.3 Å². The van der Waals surface area contributed by atoms with Gasteiger partial charge in [0.05, 0.1) is 42.9 Å². The predicted molar refractivity (Wildman–Crippen MR) is 163 cm³/mol. The molecule has 2 aliphatic heterocycles. The molecule has 4 aromatic rings. The second-order valence-electron chi connectivity index (χ2n) is 11.1. The lowest BCUT2D eigenvalue weighted by atomic mass is 10.1. The summed E-state index contributed by atoms with van der Waals surface area (Å²) in [5, 5.41) is 8.76. The van der Waals surface area contributed by atoms with Crippen LogP contribution in [0.5, 0.6) is 5.75 Å². The molecule has 2 aromatic heterocycles. The van der Waals surface area contributed by atoms with E-state index in [1.165, 1.54) is 0 Å². The minimum Gasteiger partial charge on any atom is -1.00 e. The molecule has 232 valence electrons. The number of para-hydroxylation sites is 1. The number of amides is 1. The zero-order valence-corrected chi connectivity index (χ0v) is 27.1. The van der Waals surface area contributed by atoms with E-state index in [-0.39, 0.29) is 36.5 Å². The van der Waals surface area contributed by atoms with Gasteiger partial charge in [0.2, 0.25) is 11.1 Å². The fourth-order valence-electron chi connectivity index (χ4n) is 5.95. The minimum atomic E-state index is -0.116. The van der Waals surface area contributed by atoms with Crippen LogP contribution in [0.3, 0.4) is 0 Å². The summed E-state index contributed by atoms with van der Waals surface area (Å²) in [5.74, 6) is 0.524. The molecule has 2 saturated heterocycles.